The Bertz CT molecular complexity index is 470. The maximum Gasteiger partial charge on any atom is 0.258 e. The van der Waals surface area contributed by atoms with Crippen LogP contribution in [0.25, 0.3) is 0 Å². The molecule has 15 heavy (non-hydrogen) atoms. The van der Waals surface area contributed by atoms with Crippen LogP contribution in [0.1, 0.15) is 10.4 Å². The van der Waals surface area contributed by atoms with Crippen LogP contribution < -0.4 is 5.32 Å². The van der Waals surface area contributed by atoms with Crippen LogP contribution in [0.4, 0.5) is 5.69 Å². The number of nitrogens with zero attached hydrogens (tertiary/aromatic N) is 1. The highest BCUT2D eigenvalue weighted by atomic mass is 35.5. The van der Waals surface area contributed by atoms with E-state index >= 15 is 0 Å². The molecule has 1 N–H and O–H groups in total. The predicted octanol–water partition coefficient (Wildman–Crippen LogP) is 3.05. The zero-order valence-corrected chi connectivity index (χ0v) is 9.18. The molecule has 0 radical (unpaired) electrons. The maximum absolute atomic E-state index is 11.7. The van der Waals surface area contributed by atoms with Gasteiger partial charge < -0.3 is 5.32 Å². The average molecular weight is 239 g/mol. The van der Waals surface area contributed by atoms with Gasteiger partial charge >= 0.3 is 0 Å². The summed E-state index contributed by atoms with van der Waals surface area (Å²) in [5, 5.41) is 6.68. The van der Waals surface area contributed by atoms with Gasteiger partial charge in [0.25, 0.3) is 5.91 Å². The highest BCUT2D eigenvalue weighted by molar-refractivity contribution is 7.08. The van der Waals surface area contributed by atoms with E-state index in [0.717, 1.165) is 5.69 Å². The molecule has 0 fully saturated rings. The second-order valence-corrected chi connectivity index (χ2v) is 3.95. The van der Waals surface area contributed by atoms with Crippen molar-refractivity contribution in [1.29, 1.82) is 0 Å². The number of nitrogens with one attached hydrogen (secondary N) is 1. The molecule has 0 aliphatic carbocycles. The van der Waals surface area contributed by atoms with Gasteiger partial charge in [0.2, 0.25) is 0 Å². The van der Waals surface area contributed by atoms with Gasteiger partial charge in [0.15, 0.2) is 0 Å². The highest BCUT2D eigenvalue weighted by Gasteiger charge is 2.10. The fourth-order valence-corrected chi connectivity index (χ4v) is 1.88. The fourth-order valence-electron chi connectivity index (χ4n) is 1.09. The van der Waals surface area contributed by atoms with E-state index in [1.165, 1.54) is 11.3 Å². The van der Waals surface area contributed by atoms with Crippen molar-refractivity contribution in [2.45, 2.75) is 0 Å². The van der Waals surface area contributed by atoms with Crippen LogP contribution in [-0.2, 0) is 0 Å². The smallest absolute Gasteiger partial charge is 0.258 e. The topological polar surface area (TPSA) is 42.0 Å². The normalized spacial score (nSPS) is 9.93. The monoisotopic (exact) mass is 238 g/mol. The van der Waals surface area contributed by atoms with Gasteiger partial charge in [0.1, 0.15) is 5.15 Å². The van der Waals surface area contributed by atoms with Crippen molar-refractivity contribution in [3.05, 3.63) is 45.9 Å². The minimum Gasteiger partial charge on any atom is -0.321 e. The van der Waals surface area contributed by atoms with Gasteiger partial charge in [-0.25, -0.2) is 4.98 Å². The van der Waals surface area contributed by atoms with E-state index in [0.29, 0.717) is 5.56 Å². The maximum atomic E-state index is 11.7. The van der Waals surface area contributed by atoms with Crippen LogP contribution in [0, 0.1) is 0 Å². The Morgan fingerprint density at radius 2 is 2.33 bits per heavy atom. The second-order valence-electron chi connectivity index (χ2n) is 2.81. The number of anilines is 1. The van der Waals surface area contributed by atoms with Crippen molar-refractivity contribution < 1.29 is 4.79 Å². The van der Waals surface area contributed by atoms with Crippen molar-refractivity contribution in [3.8, 4) is 0 Å². The summed E-state index contributed by atoms with van der Waals surface area (Å²) in [7, 11) is 0. The van der Waals surface area contributed by atoms with Gasteiger partial charge in [-0.1, -0.05) is 11.6 Å². The molecule has 2 heterocycles. The first-order chi connectivity index (χ1) is 7.27. The van der Waals surface area contributed by atoms with Crippen LogP contribution in [0.3, 0.4) is 0 Å². The van der Waals surface area contributed by atoms with E-state index in [4.69, 9.17) is 11.6 Å². The molecule has 5 heteroatoms. The molecular formula is C10H7ClN2OS. The third-order valence-corrected chi connectivity index (χ3v) is 2.77. The number of rotatable bonds is 2. The molecule has 3 nitrogen and oxygen atoms in total. The molecule has 0 saturated heterocycles. The third-order valence-electron chi connectivity index (χ3n) is 1.78. The van der Waals surface area contributed by atoms with Crippen molar-refractivity contribution in [1.82, 2.24) is 4.98 Å². The predicted molar refractivity (Wildman–Crippen MR) is 61.5 cm³/mol. The lowest BCUT2D eigenvalue weighted by atomic mass is 10.2. The molecule has 0 atom stereocenters. The Balaban J connectivity index is 2.19. The number of carbonyl (C=O) groups excluding carboxylic acids is 1. The number of carbonyl (C=O) groups is 1. The number of amides is 1. The van der Waals surface area contributed by atoms with Gasteiger partial charge in [-0.15, -0.1) is 0 Å². The first kappa shape index (κ1) is 10.1. The number of hydrogen-bond acceptors (Lipinski definition) is 3. The molecule has 2 aromatic heterocycles. The molecule has 1 amide bonds. The Hall–Kier alpha value is -1.39. The third kappa shape index (κ3) is 2.34. The van der Waals surface area contributed by atoms with Crippen molar-refractivity contribution in [2.24, 2.45) is 0 Å². The Labute approximate surface area is 95.7 Å². The number of aromatic nitrogens is 1. The SMILES string of the molecule is O=C(Nc1ccsc1)c1cccnc1Cl. The van der Waals surface area contributed by atoms with E-state index in [-0.39, 0.29) is 11.1 Å². The van der Waals surface area contributed by atoms with Gasteiger partial charge in [0, 0.05) is 11.6 Å². The summed E-state index contributed by atoms with van der Waals surface area (Å²) in [5.41, 5.74) is 1.15. The number of thiophene rings is 1. The van der Waals surface area contributed by atoms with E-state index in [1.807, 2.05) is 16.8 Å². The Morgan fingerprint density at radius 3 is 3.00 bits per heavy atom. The number of halogens is 1. The molecule has 0 bridgehead atoms. The zero-order valence-electron chi connectivity index (χ0n) is 7.61. The highest BCUT2D eigenvalue weighted by Crippen LogP contribution is 2.16. The van der Waals surface area contributed by atoms with Gasteiger partial charge in [-0.3, -0.25) is 4.79 Å². The van der Waals surface area contributed by atoms with Crippen LogP contribution >= 0.6 is 22.9 Å². The molecule has 2 aromatic rings. The minimum atomic E-state index is -0.244. The molecule has 0 aliphatic heterocycles. The summed E-state index contributed by atoms with van der Waals surface area (Å²) in [4.78, 5) is 15.5. The van der Waals surface area contributed by atoms with Crippen LogP contribution in [0.5, 0.6) is 0 Å². The van der Waals surface area contributed by atoms with E-state index in [2.05, 4.69) is 10.3 Å². The van der Waals surface area contributed by atoms with Crippen LogP contribution in [0.2, 0.25) is 5.15 Å². The summed E-state index contributed by atoms with van der Waals surface area (Å²) in [6.07, 6.45) is 1.55. The molecule has 0 spiro atoms. The molecular weight excluding hydrogens is 232 g/mol. The van der Waals surface area contributed by atoms with Crippen molar-refractivity contribution >= 4 is 34.5 Å². The fraction of sp³-hybridized carbons (Fsp3) is 0. The molecule has 76 valence electrons. The lowest BCUT2D eigenvalue weighted by Gasteiger charge is -2.03. The lowest BCUT2D eigenvalue weighted by Crippen LogP contribution is -2.12. The van der Waals surface area contributed by atoms with E-state index in [1.54, 1.807) is 18.3 Å². The molecule has 0 aromatic carbocycles. The largest absolute Gasteiger partial charge is 0.321 e. The minimum absolute atomic E-state index is 0.213. The summed E-state index contributed by atoms with van der Waals surface area (Å²) in [5.74, 6) is -0.244. The zero-order chi connectivity index (χ0) is 10.7. The van der Waals surface area contributed by atoms with Crippen molar-refractivity contribution in [2.75, 3.05) is 5.32 Å². The number of pyridine rings is 1. The van der Waals surface area contributed by atoms with Gasteiger partial charge in [0.05, 0.1) is 11.3 Å². The van der Waals surface area contributed by atoms with Gasteiger partial charge in [-0.2, -0.15) is 11.3 Å². The van der Waals surface area contributed by atoms with Gasteiger partial charge in [-0.05, 0) is 23.6 Å². The first-order valence-electron chi connectivity index (χ1n) is 4.21. The van der Waals surface area contributed by atoms with Crippen LogP contribution in [0.15, 0.2) is 35.2 Å². The van der Waals surface area contributed by atoms with E-state index < -0.39 is 0 Å². The summed E-state index contributed by atoms with van der Waals surface area (Å²) >= 11 is 7.31. The molecule has 0 unspecified atom stereocenters. The molecule has 2 rings (SSSR count). The summed E-state index contributed by atoms with van der Waals surface area (Å²) in [6, 6.07) is 5.14. The van der Waals surface area contributed by atoms with Crippen LogP contribution in [-0.4, -0.2) is 10.9 Å². The molecule has 0 aliphatic rings. The number of hydrogen-bond donors (Lipinski definition) is 1. The quantitative estimate of drug-likeness (QED) is 0.817. The Kier molecular flexibility index (Phi) is 2.99. The van der Waals surface area contributed by atoms with Crippen molar-refractivity contribution in [3.63, 3.8) is 0 Å². The standard InChI is InChI=1S/C10H7ClN2OS/c11-9-8(2-1-4-12-9)10(14)13-7-3-5-15-6-7/h1-6H,(H,13,14). The molecule has 0 saturated carbocycles. The van der Waals surface area contributed by atoms with E-state index in [9.17, 15) is 4.79 Å². The average Bonchev–Trinajstić information content (AvgIpc) is 2.71. The summed E-state index contributed by atoms with van der Waals surface area (Å²) < 4.78 is 0. The first-order valence-corrected chi connectivity index (χ1v) is 5.53. The summed E-state index contributed by atoms with van der Waals surface area (Å²) in [6.45, 7) is 0. The second kappa shape index (κ2) is 4.42. The Morgan fingerprint density at radius 1 is 1.47 bits per heavy atom. The lowest BCUT2D eigenvalue weighted by molar-refractivity contribution is 0.102.